The van der Waals surface area contributed by atoms with Crippen molar-refractivity contribution in [1.82, 2.24) is 0 Å². The van der Waals surface area contributed by atoms with Crippen LogP contribution in [0.1, 0.15) is 47.2 Å². The lowest BCUT2D eigenvalue weighted by atomic mass is 9.70. The molecule has 0 fully saturated rings. The molecule has 340 valence electrons. The SMILES string of the molecule is CC1(C)c2ccccc2-c2cc(N(c3ccccc3)c3cc4c(cc3-c3ccccc3)-c3ccccc3C43c4ccccc4-c4cc(-c5ccccc5)c(N(c5ccccc5)c5ccccc5)cc43)ccc21. The van der Waals surface area contributed by atoms with Crippen LogP contribution in [0.15, 0.2) is 267 Å². The molecule has 1 unspecified atom stereocenters. The van der Waals surface area contributed by atoms with E-state index in [1.165, 1.54) is 89.0 Å². The van der Waals surface area contributed by atoms with Gasteiger partial charge in [0.1, 0.15) is 0 Å². The lowest BCUT2D eigenvalue weighted by molar-refractivity contribution is 0.660. The van der Waals surface area contributed by atoms with Crippen LogP contribution < -0.4 is 9.80 Å². The maximum atomic E-state index is 2.57. The molecule has 0 N–H and O–H groups in total. The van der Waals surface area contributed by atoms with Crippen molar-refractivity contribution in [2.24, 2.45) is 0 Å². The molecule has 0 aliphatic heterocycles. The van der Waals surface area contributed by atoms with Crippen LogP contribution in [-0.2, 0) is 10.8 Å². The fourth-order valence-electron chi connectivity index (χ4n) is 12.7. The zero-order valence-corrected chi connectivity index (χ0v) is 40.3. The topological polar surface area (TPSA) is 6.48 Å². The van der Waals surface area contributed by atoms with Gasteiger partial charge in [-0.3, -0.25) is 0 Å². The molecule has 11 aromatic rings. The van der Waals surface area contributed by atoms with Gasteiger partial charge >= 0.3 is 0 Å². The second kappa shape index (κ2) is 16.3. The molecular formula is C70H50N2. The molecule has 1 atom stereocenters. The Hall–Kier alpha value is -8.98. The highest BCUT2D eigenvalue weighted by molar-refractivity contribution is 6.03. The highest BCUT2D eigenvalue weighted by atomic mass is 15.2. The number of rotatable bonds is 8. The molecule has 3 aliphatic carbocycles. The van der Waals surface area contributed by atoms with Gasteiger partial charge in [-0.2, -0.15) is 0 Å². The van der Waals surface area contributed by atoms with E-state index in [2.05, 4.69) is 291 Å². The summed E-state index contributed by atoms with van der Waals surface area (Å²) in [6.45, 7) is 4.73. The number of hydrogen-bond acceptors (Lipinski definition) is 2. The van der Waals surface area contributed by atoms with Crippen LogP contribution in [0.25, 0.3) is 55.6 Å². The van der Waals surface area contributed by atoms with Crippen molar-refractivity contribution >= 4 is 34.1 Å². The van der Waals surface area contributed by atoms with Gasteiger partial charge in [-0.1, -0.05) is 208 Å². The van der Waals surface area contributed by atoms with Crippen LogP contribution in [-0.4, -0.2) is 0 Å². The Kier molecular flexibility index (Phi) is 9.50. The summed E-state index contributed by atoms with van der Waals surface area (Å²) >= 11 is 0. The maximum absolute atomic E-state index is 2.57. The summed E-state index contributed by atoms with van der Waals surface area (Å²) < 4.78 is 0. The van der Waals surface area contributed by atoms with Crippen molar-refractivity contribution in [3.63, 3.8) is 0 Å². The molecule has 0 radical (unpaired) electrons. The summed E-state index contributed by atoms with van der Waals surface area (Å²) in [5.74, 6) is 0. The summed E-state index contributed by atoms with van der Waals surface area (Å²) in [5.41, 5.74) is 26.2. The standard InChI is InChI=1S/C70H50N2/c1-69(2)61-37-21-18-34-53(61)58-42-52(40-41-62(58)69)72(51-32-16-7-17-33-51)68-46-66-60(44-57(68)48-26-10-4-11-27-48)55-36-20-23-39-64(55)70(66)63-38-22-19-35-54(63)59-43-56(47-24-8-3-9-25-47)67(45-65(59)70)71(49-28-12-5-13-29-49)50-30-14-6-15-31-50/h3-46H,1-2H3. The fraction of sp³-hybridized carbons (Fsp3) is 0.0571. The maximum Gasteiger partial charge on any atom is 0.0727 e. The van der Waals surface area contributed by atoms with Crippen LogP contribution in [0.3, 0.4) is 0 Å². The van der Waals surface area contributed by atoms with Crippen LogP contribution in [0.2, 0.25) is 0 Å². The first kappa shape index (κ1) is 41.9. The minimum Gasteiger partial charge on any atom is -0.310 e. The van der Waals surface area contributed by atoms with Gasteiger partial charge in [0.15, 0.2) is 0 Å². The van der Waals surface area contributed by atoms with E-state index in [1.807, 2.05) is 0 Å². The number of anilines is 6. The van der Waals surface area contributed by atoms with Gasteiger partial charge in [0.25, 0.3) is 0 Å². The molecule has 0 heterocycles. The summed E-state index contributed by atoms with van der Waals surface area (Å²) in [4.78, 5) is 4.97. The number of fused-ring (bicyclic) bond motifs is 13. The lowest BCUT2D eigenvalue weighted by Crippen LogP contribution is -2.27. The Balaban J connectivity index is 1.10. The molecule has 0 bridgehead atoms. The van der Waals surface area contributed by atoms with Crippen molar-refractivity contribution in [2.45, 2.75) is 24.7 Å². The Bertz CT molecular complexity index is 3830. The third-order valence-corrected chi connectivity index (χ3v) is 15.8. The van der Waals surface area contributed by atoms with E-state index in [0.717, 1.165) is 34.1 Å². The van der Waals surface area contributed by atoms with Crippen LogP contribution in [0.5, 0.6) is 0 Å². The van der Waals surface area contributed by atoms with Crippen molar-refractivity contribution in [1.29, 1.82) is 0 Å². The summed E-state index contributed by atoms with van der Waals surface area (Å²) in [6.07, 6.45) is 0. The summed E-state index contributed by atoms with van der Waals surface area (Å²) in [7, 11) is 0. The minimum absolute atomic E-state index is 0.109. The summed E-state index contributed by atoms with van der Waals surface area (Å²) in [6, 6.07) is 99.3. The molecule has 72 heavy (non-hydrogen) atoms. The Morgan fingerprint density at radius 1 is 0.236 bits per heavy atom. The van der Waals surface area contributed by atoms with Gasteiger partial charge in [-0.15, -0.1) is 0 Å². The Morgan fingerprint density at radius 2 is 0.569 bits per heavy atom. The van der Waals surface area contributed by atoms with E-state index in [0.29, 0.717) is 0 Å². The van der Waals surface area contributed by atoms with Crippen LogP contribution in [0, 0.1) is 0 Å². The molecule has 0 saturated heterocycles. The smallest absolute Gasteiger partial charge is 0.0727 e. The number of nitrogens with zero attached hydrogens (tertiary/aromatic N) is 2. The van der Waals surface area contributed by atoms with E-state index in [4.69, 9.17) is 0 Å². The first-order chi connectivity index (χ1) is 35.5. The monoisotopic (exact) mass is 918 g/mol. The first-order valence-electron chi connectivity index (χ1n) is 25.2. The average molecular weight is 919 g/mol. The van der Waals surface area contributed by atoms with Gasteiger partial charge in [0, 0.05) is 39.3 Å². The quantitative estimate of drug-likeness (QED) is 0.150. The Labute approximate surface area is 422 Å². The van der Waals surface area contributed by atoms with Crippen molar-refractivity contribution in [3.8, 4) is 55.6 Å². The number of benzene rings is 11. The number of para-hydroxylation sites is 3. The largest absolute Gasteiger partial charge is 0.310 e. The van der Waals surface area contributed by atoms with Crippen molar-refractivity contribution in [3.05, 3.63) is 300 Å². The van der Waals surface area contributed by atoms with Gasteiger partial charge in [0.05, 0.1) is 16.8 Å². The zero-order valence-electron chi connectivity index (χ0n) is 40.3. The minimum atomic E-state index is -0.659. The molecule has 1 spiro atoms. The predicted octanol–water partition coefficient (Wildman–Crippen LogP) is 18.6. The molecular weight excluding hydrogens is 869 g/mol. The molecule has 14 rings (SSSR count). The van der Waals surface area contributed by atoms with Gasteiger partial charge in [-0.05, 0) is 151 Å². The second-order valence-electron chi connectivity index (χ2n) is 20.0. The van der Waals surface area contributed by atoms with E-state index in [1.54, 1.807) is 0 Å². The average Bonchev–Trinajstić information content (AvgIpc) is 3.99. The number of hydrogen-bond donors (Lipinski definition) is 0. The van der Waals surface area contributed by atoms with Gasteiger partial charge < -0.3 is 9.80 Å². The molecule has 0 saturated carbocycles. The molecule has 0 amide bonds. The Morgan fingerprint density at radius 3 is 1.01 bits per heavy atom. The van der Waals surface area contributed by atoms with E-state index in [-0.39, 0.29) is 5.41 Å². The molecule has 11 aromatic carbocycles. The molecule has 2 nitrogen and oxygen atoms in total. The van der Waals surface area contributed by atoms with Crippen LogP contribution in [0.4, 0.5) is 34.1 Å². The van der Waals surface area contributed by atoms with Gasteiger partial charge in [-0.25, -0.2) is 0 Å². The predicted molar refractivity (Wildman–Crippen MR) is 301 cm³/mol. The van der Waals surface area contributed by atoms with E-state index in [9.17, 15) is 0 Å². The zero-order chi connectivity index (χ0) is 48.0. The van der Waals surface area contributed by atoms with Gasteiger partial charge in [0.2, 0.25) is 0 Å². The highest BCUT2D eigenvalue weighted by Crippen LogP contribution is 2.66. The molecule has 0 aromatic heterocycles. The highest BCUT2D eigenvalue weighted by Gasteiger charge is 2.53. The summed E-state index contributed by atoms with van der Waals surface area (Å²) in [5, 5.41) is 0. The molecule has 3 aliphatic rings. The van der Waals surface area contributed by atoms with Crippen LogP contribution >= 0.6 is 0 Å². The molecule has 2 heteroatoms. The third kappa shape index (κ3) is 6.15. The normalized spacial score (nSPS) is 15.0. The van der Waals surface area contributed by atoms with Crippen molar-refractivity contribution in [2.75, 3.05) is 9.80 Å². The first-order valence-corrected chi connectivity index (χ1v) is 25.2. The fourth-order valence-corrected chi connectivity index (χ4v) is 12.7. The van der Waals surface area contributed by atoms with E-state index < -0.39 is 5.41 Å². The second-order valence-corrected chi connectivity index (χ2v) is 20.0. The third-order valence-electron chi connectivity index (χ3n) is 15.8. The van der Waals surface area contributed by atoms with Crippen molar-refractivity contribution < 1.29 is 0 Å². The lowest BCUT2D eigenvalue weighted by Gasteiger charge is -2.35. The van der Waals surface area contributed by atoms with E-state index >= 15 is 0 Å².